The van der Waals surface area contributed by atoms with E-state index in [4.69, 9.17) is 11.6 Å². The van der Waals surface area contributed by atoms with Gasteiger partial charge in [-0.3, -0.25) is 4.79 Å². The van der Waals surface area contributed by atoms with E-state index < -0.39 is 38.6 Å². The summed E-state index contributed by atoms with van der Waals surface area (Å²) in [6.45, 7) is 0.0547. The van der Waals surface area contributed by atoms with Gasteiger partial charge in [-0.15, -0.1) is 0 Å². The second kappa shape index (κ2) is 6.53. The molecule has 1 aliphatic heterocycles. The monoisotopic (exact) mass is 384 g/mol. The number of rotatable bonds is 3. The van der Waals surface area contributed by atoms with E-state index in [1.54, 1.807) is 0 Å². The minimum Gasteiger partial charge on any atom is -0.347 e. The molecule has 0 unspecified atom stereocenters. The molecule has 1 aromatic carbocycles. The van der Waals surface area contributed by atoms with Gasteiger partial charge in [-0.25, -0.2) is 8.42 Å². The van der Waals surface area contributed by atoms with Crippen LogP contribution >= 0.6 is 11.6 Å². The Labute approximate surface area is 143 Å². The Morgan fingerprint density at radius 3 is 2.50 bits per heavy atom. The van der Waals surface area contributed by atoms with E-state index in [9.17, 15) is 26.4 Å². The van der Waals surface area contributed by atoms with E-state index >= 15 is 0 Å². The summed E-state index contributed by atoms with van der Waals surface area (Å²) in [6.07, 6.45) is -3.94. The van der Waals surface area contributed by atoms with Gasteiger partial charge in [0, 0.05) is 20.6 Å². The van der Waals surface area contributed by atoms with Crippen LogP contribution in [-0.2, 0) is 21.0 Å². The molecule has 10 heteroatoms. The number of benzene rings is 1. The number of likely N-dealkylation sites (N-methyl/N-ethyl adjacent to an activating group) is 1. The fraction of sp³-hybridized carbons (Fsp3) is 0.500. The number of hydrogen-bond acceptors (Lipinski definition) is 3. The fourth-order valence-corrected chi connectivity index (χ4v) is 4.73. The number of amides is 1. The van der Waals surface area contributed by atoms with Crippen LogP contribution in [0.4, 0.5) is 13.2 Å². The third-order valence-corrected chi connectivity index (χ3v) is 6.16. The predicted octanol–water partition coefficient (Wildman–Crippen LogP) is 2.60. The molecule has 0 N–H and O–H groups in total. The van der Waals surface area contributed by atoms with Crippen LogP contribution in [-0.4, -0.2) is 50.2 Å². The van der Waals surface area contributed by atoms with Crippen molar-refractivity contribution in [1.82, 2.24) is 9.21 Å². The summed E-state index contributed by atoms with van der Waals surface area (Å²) in [5, 5.41) is -0.314. The molecule has 0 spiro atoms. The Balaban J connectivity index is 2.49. The second-order valence-electron chi connectivity index (χ2n) is 5.65. The van der Waals surface area contributed by atoms with E-state index in [2.05, 4.69) is 0 Å². The average molecular weight is 385 g/mol. The van der Waals surface area contributed by atoms with Gasteiger partial charge in [0.25, 0.3) is 0 Å². The van der Waals surface area contributed by atoms with E-state index in [0.717, 1.165) is 10.4 Å². The highest BCUT2D eigenvalue weighted by Crippen LogP contribution is 2.36. The molecule has 0 bridgehead atoms. The summed E-state index contributed by atoms with van der Waals surface area (Å²) in [5.41, 5.74) is -1.11. The maximum atomic E-state index is 12.9. The Morgan fingerprint density at radius 1 is 1.33 bits per heavy atom. The third kappa shape index (κ3) is 3.52. The van der Waals surface area contributed by atoms with Crippen molar-refractivity contribution in [3.05, 3.63) is 28.8 Å². The molecule has 2 rings (SSSR count). The van der Waals surface area contributed by atoms with E-state index in [1.165, 1.54) is 19.0 Å². The Kier molecular flexibility index (Phi) is 5.17. The van der Waals surface area contributed by atoms with E-state index in [1.807, 2.05) is 0 Å². The minimum atomic E-state index is -4.70. The number of alkyl halides is 3. The molecule has 1 amide bonds. The average Bonchev–Trinajstić information content (AvgIpc) is 2.95. The molecular formula is C14H16ClF3N2O3S. The molecule has 134 valence electrons. The van der Waals surface area contributed by atoms with Crippen molar-refractivity contribution in [3.8, 4) is 0 Å². The Bertz CT molecular complexity index is 750. The zero-order valence-corrected chi connectivity index (χ0v) is 14.5. The number of halogens is 4. The van der Waals surface area contributed by atoms with Gasteiger partial charge in [0.15, 0.2) is 0 Å². The van der Waals surface area contributed by atoms with Crippen molar-refractivity contribution >= 4 is 27.5 Å². The normalized spacial score (nSPS) is 19.5. The van der Waals surface area contributed by atoms with Crippen molar-refractivity contribution in [1.29, 1.82) is 0 Å². The molecule has 0 aromatic heterocycles. The number of carbonyl (C=O) groups is 1. The van der Waals surface area contributed by atoms with Gasteiger partial charge in [0.2, 0.25) is 15.9 Å². The molecular weight excluding hydrogens is 369 g/mol. The second-order valence-corrected chi connectivity index (χ2v) is 7.92. The van der Waals surface area contributed by atoms with Crippen molar-refractivity contribution in [3.63, 3.8) is 0 Å². The maximum Gasteiger partial charge on any atom is 0.416 e. The SMILES string of the molecule is CN(C)C(=O)[C@@H]1CCCN1S(=O)(=O)c1cc(C(F)(F)F)ccc1Cl. The molecule has 1 aromatic rings. The third-order valence-electron chi connectivity index (χ3n) is 3.77. The maximum absolute atomic E-state index is 12.9. The number of carbonyl (C=O) groups excluding carboxylic acids is 1. The van der Waals surface area contributed by atoms with Crippen molar-refractivity contribution < 1.29 is 26.4 Å². The summed E-state index contributed by atoms with van der Waals surface area (Å²) < 4.78 is 65.1. The highest BCUT2D eigenvalue weighted by atomic mass is 35.5. The zero-order valence-electron chi connectivity index (χ0n) is 13.0. The number of hydrogen-bond donors (Lipinski definition) is 0. The number of nitrogens with zero attached hydrogens (tertiary/aromatic N) is 2. The van der Waals surface area contributed by atoms with Crippen LogP contribution in [0.2, 0.25) is 5.02 Å². The van der Waals surface area contributed by atoms with Crippen LogP contribution in [0.25, 0.3) is 0 Å². The van der Waals surface area contributed by atoms with Gasteiger partial charge in [0.05, 0.1) is 10.6 Å². The largest absolute Gasteiger partial charge is 0.416 e. The lowest BCUT2D eigenvalue weighted by Gasteiger charge is -2.26. The van der Waals surface area contributed by atoms with Crippen molar-refractivity contribution in [2.24, 2.45) is 0 Å². The standard InChI is InChI=1S/C14H16ClF3N2O3S/c1-19(2)13(21)11-4-3-7-20(11)24(22,23)12-8-9(14(16,17)18)5-6-10(12)15/h5-6,8,11H,3-4,7H2,1-2H3/t11-/m0/s1. The molecule has 5 nitrogen and oxygen atoms in total. The lowest BCUT2D eigenvalue weighted by Crippen LogP contribution is -2.45. The van der Waals surface area contributed by atoms with Gasteiger partial charge < -0.3 is 4.90 Å². The first kappa shape index (κ1) is 19.0. The molecule has 24 heavy (non-hydrogen) atoms. The van der Waals surface area contributed by atoms with Crippen LogP contribution < -0.4 is 0 Å². The van der Waals surface area contributed by atoms with Gasteiger partial charge >= 0.3 is 6.18 Å². The smallest absolute Gasteiger partial charge is 0.347 e. The van der Waals surface area contributed by atoms with Crippen LogP contribution in [0.15, 0.2) is 23.1 Å². The van der Waals surface area contributed by atoms with E-state index in [-0.39, 0.29) is 11.6 Å². The summed E-state index contributed by atoms with van der Waals surface area (Å²) in [5.74, 6) is -0.417. The van der Waals surface area contributed by atoms with Crippen LogP contribution in [0.3, 0.4) is 0 Å². The lowest BCUT2D eigenvalue weighted by atomic mass is 10.2. The predicted molar refractivity (Wildman–Crippen MR) is 82.1 cm³/mol. The molecule has 0 aliphatic carbocycles. The summed E-state index contributed by atoms with van der Waals surface area (Å²) in [4.78, 5) is 12.8. The van der Waals surface area contributed by atoms with Crippen LogP contribution in [0.1, 0.15) is 18.4 Å². The minimum absolute atomic E-state index is 0.0547. The Morgan fingerprint density at radius 2 is 1.96 bits per heavy atom. The molecule has 1 saturated heterocycles. The van der Waals surface area contributed by atoms with Crippen LogP contribution in [0, 0.1) is 0 Å². The topological polar surface area (TPSA) is 57.7 Å². The molecule has 1 aliphatic rings. The highest BCUT2D eigenvalue weighted by molar-refractivity contribution is 7.89. The lowest BCUT2D eigenvalue weighted by molar-refractivity contribution is -0.137. The first-order chi connectivity index (χ1) is 11.0. The van der Waals surface area contributed by atoms with Gasteiger partial charge in [-0.2, -0.15) is 17.5 Å². The number of sulfonamides is 1. The Hall–Kier alpha value is -1.32. The van der Waals surface area contributed by atoms with Gasteiger partial charge in [0.1, 0.15) is 10.9 Å². The molecule has 1 atom stereocenters. The van der Waals surface area contributed by atoms with Gasteiger partial charge in [-0.1, -0.05) is 11.6 Å². The van der Waals surface area contributed by atoms with Crippen LogP contribution in [0.5, 0.6) is 0 Å². The highest BCUT2D eigenvalue weighted by Gasteiger charge is 2.42. The summed E-state index contributed by atoms with van der Waals surface area (Å²) in [7, 11) is -1.35. The summed E-state index contributed by atoms with van der Waals surface area (Å²) >= 11 is 5.83. The molecule has 1 heterocycles. The summed E-state index contributed by atoms with van der Waals surface area (Å²) in [6, 6.07) is 1.19. The zero-order chi connectivity index (χ0) is 18.3. The fourth-order valence-electron chi connectivity index (χ4n) is 2.58. The first-order valence-corrected chi connectivity index (χ1v) is 8.88. The first-order valence-electron chi connectivity index (χ1n) is 7.06. The van der Waals surface area contributed by atoms with Gasteiger partial charge in [-0.05, 0) is 31.0 Å². The van der Waals surface area contributed by atoms with E-state index in [0.29, 0.717) is 25.0 Å². The van der Waals surface area contributed by atoms with Crippen molar-refractivity contribution in [2.45, 2.75) is 30.0 Å². The molecule has 0 radical (unpaired) electrons. The molecule has 0 saturated carbocycles. The van der Waals surface area contributed by atoms with Crippen molar-refractivity contribution in [2.75, 3.05) is 20.6 Å². The quantitative estimate of drug-likeness (QED) is 0.805. The molecule has 1 fully saturated rings.